The lowest BCUT2D eigenvalue weighted by Crippen LogP contribution is -2.03. The Bertz CT molecular complexity index is 1050. The molecule has 4 rings (SSSR count). The van der Waals surface area contributed by atoms with E-state index >= 15 is 0 Å². The number of aromatic nitrogens is 2. The highest BCUT2D eigenvalue weighted by Gasteiger charge is 2.11. The smallest absolute Gasteiger partial charge is 0.167 e. The summed E-state index contributed by atoms with van der Waals surface area (Å²) in [6.45, 7) is 0. The van der Waals surface area contributed by atoms with Crippen LogP contribution in [0.5, 0.6) is 0 Å². The van der Waals surface area contributed by atoms with Crippen LogP contribution >= 0.6 is 11.6 Å². The molecule has 4 aromatic rings. The Kier molecular flexibility index (Phi) is 4.08. The Balaban J connectivity index is 1.63. The van der Waals surface area contributed by atoms with E-state index in [2.05, 4.69) is 9.97 Å². The van der Waals surface area contributed by atoms with Gasteiger partial charge in [-0.15, -0.1) is 0 Å². The number of nitrogens with one attached hydrogen (secondary N) is 1. The van der Waals surface area contributed by atoms with E-state index in [1.165, 1.54) is 0 Å². The molecule has 0 bridgehead atoms. The van der Waals surface area contributed by atoms with Crippen molar-refractivity contribution >= 4 is 28.4 Å². The molecular formula is C21H15ClN2O. The molecule has 0 unspecified atom stereocenters. The Labute approximate surface area is 150 Å². The highest BCUT2D eigenvalue weighted by molar-refractivity contribution is 6.30. The molecule has 0 saturated carbocycles. The second-order valence-corrected chi connectivity index (χ2v) is 6.35. The summed E-state index contributed by atoms with van der Waals surface area (Å²) in [5.74, 6) is 0.857. The minimum Gasteiger partial charge on any atom is -0.338 e. The number of ketones is 1. The third-order valence-electron chi connectivity index (χ3n) is 4.10. The van der Waals surface area contributed by atoms with E-state index in [0.717, 1.165) is 28.0 Å². The van der Waals surface area contributed by atoms with E-state index in [9.17, 15) is 4.79 Å². The molecular weight excluding hydrogens is 332 g/mol. The molecule has 3 nitrogen and oxygen atoms in total. The maximum atomic E-state index is 12.6. The number of hydrogen-bond acceptors (Lipinski definition) is 2. The van der Waals surface area contributed by atoms with E-state index in [1.54, 1.807) is 6.07 Å². The van der Waals surface area contributed by atoms with Crippen molar-refractivity contribution in [1.82, 2.24) is 9.97 Å². The Morgan fingerprint density at radius 2 is 1.80 bits per heavy atom. The van der Waals surface area contributed by atoms with Crippen molar-refractivity contribution in [3.8, 4) is 11.4 Å². The van der Waals surface area contributed by atoms with E-state index < -0.39 is 0 Å². The SMILES string of the molecule is O=C(Cc1cccc(Cl)c1)c1ccc2nc(-c3ccccc3)[nH]c2c1. The van der Waals surface area contributed by atoms with Crippen LogP contribution in [-0.4, -0.2) is 15.8 Å². The maximum Gasteiger partial charge on any atom is 0.167 e. The monoisotopic (exact) mass is 346 g/mol. The zero-order valence-electron chi connectivity index (χ0n) is 13.4. The highest BCUT2D eigenvalue weighted by Crippen LogP contribution is 2.22. The zero-order valence-corrected chi connectivity index (χ0v) is 14.1. The molecule has 0 amide bonds. The van der Waals surface area contributed by atoms with Crippen LogP contribution in [0.25, 0.3) is 22.4 Å². The number of halogens is 1. The van der Waals surface area contributed by atoms with Gasteiger partial charge in [0.15, 0.2) is 5.78 Å². The third kappa shape index (κ3) is 3.32. The predicted octanol–water partition coefficient (Wildman–Crippen LogP) is 5.31. The van der Waals surface area contributed by atoms with Gasteiger partial charge in [0, 0.05) is 22.6 Å². The van der Waals surface area contributed by atoms with Gasteiger partial charge < -0.3 is 4.98 Å². The van der Waals surface area contributed by atoms with Crippen LogP contribution in [-0.2, 0) is 6.42 Å². The van der Waals surface area contributed by atoms with Crippen LogP contribution in [0, 0.1) is 0 Å². The van der Waals surface area contributed by atoms with Crippen molar-refractivity contribution < 1.29 is 4.79 Å². The van der Waals surface area contributed by atoms with Gasteiger partial charge >= 0.3 is 0 Å². The van der Waals surface area contributed by atoms with Crippen LogP contribution in [0.1, 0.15) is 15.9 Å². The fraction of sp³-hybridized carbons (Fsp3) is 0.0476. The molecule has 0 radical (unpaired) electrons. The minimum absolute atomic E-state index is 0.0556. The number of H-pyrrole nitrogens is 1. The van der Waals surface area contributed by atoms with Crippen molar-refractivity contribution in [2.75, 3.05) is 0 Å². The number of rotatable bonds is 4. The van der Waals surface area contributed by atoms with Gasteiger partial charge in [0.2, 0.25) is 0 Å². The number of hydrogen-bond donors (Lipinski definition) is 1. The van der Waals surface area contributed by atoms with Crippen LogP contribution in [0.2, 0.25) is 5.02 Å². The molecule has 0 atom stereocenters. The van der Waals surface area contributed by atoms with Crippen molar-refractivity contribution in [2.24, 2.45) is 0 Å². The van der Waals surface area contributed by atoms with Gasteiger partial charge in [0.05, 0.1) is 11.0 Å². The molecule has 0 fully saturated rings. The number of nitrogens with zero attached hydrogens (tertiary/aromatic N) is 1. The summed E-state index contributed by atoms with van der Waals surface area (Å²) in [6.07, 6.45) is 0.325. The van der Waals surface area contributed by atoms with Crippen LogP contribution in [0.3, 0.4) is 0 Å². The quantitative estimate of drug-likeness (QED) is 0.509. The lowest BCUT2D eigenvalue weighted by atomic mass is 10.0. The first-order chi connectivity index (χ1) is 12.2. The van der Waals surface area contributed by atoms with Gasteiger partial charge in [-0.05, 0) is 35.9 Å². The number of carbonyl (C=O) groups excluding carboxylic acids is 1. The molecule has 1 heterocycles. The molecule has 0 saturated heterocycles. The van der Waals surface area contributed by atoms with E-state index in [-0.39, 0.29) is 5.78 Å². The molecule has 1 aromatic heterocycles. The summed E-state index contributed by atoms with van der Waals surface area (Å²) in [4.78, 5) is 20.5. The first-order valence-electron chi connectivity index (χ1n) is 8.02. The van der Waals surface area contributed by atoms with Gasteiger partial charge in [-0.3, -0.25) is 4.79 Å². The minimum atomic E-state index is 0.0556. The highest BCUT2D eigenvalue weighted by atomic mass is 35.5. The molecule has 0 aliphatic rings. The molecule has 122 valence electrons. The number of imidazole rings is 1. The summed E-state index contributed by atoms with van der Waals surface area (Å²) in [5.41, 5.74) is 4.29. The number of aromatic amines is 1. The number of fused-ring (bicyclic) bond motifs is 1. The lowest BCUT2D eigenvalue weighted by Gasteiger charge is -2.02. The normalized spacial score (nSPS) is 10.9. The summed E-state index contributed by atoms with van der Waals surface area (Å²) in [6, 6.07) is 22.9. The average molecular weight is 347 g/mol. The Morgan fingerprint density at radius 1 is 0.960 bits per heavy atom. The van der Waals surface area contributed by atoms with Gasteiger partial charge in [-0.2, -0.15) is 0 Å². The van der Waals surface area contributed by atoms with E-state index in [0.29, 0.717) is 17.0 Å². The zero-order chi connectivity index (χ0) is 17.2. The number of carbonyl (C=O) groups is 1. The molecule has 25 heavy (non-hydrogen) atoms. The molecule has 4 heteroatoms. The first-order valence-corrected chi connectivity index (χ1v) is 8.40. The van der Waals surface area contributed by atoms with Gasteiger partial charge in [0.25, 0.3) is 0 Å². The fourth-order valence-electron chi connectivity index (χ4n) is 2.85. The topological polar surface area (TPSA) is 45.8 Å². The largest absolute Gasteiger partial charge is 0.338 e. The second kappa shape index (κ2) is 6.54. The molecule has 3 aromatic carbocycles. The summed E-state index contributed by atoms with van der Waals surface area (Å²) < 4.78 is 0. The van der Waals surface area contributed by atoms with Crippen molar-refractivity contribution in [3.63, 3.8) is 0 Å². The Hall–Kier alpha value is -2.91. The van der Waals surface area contributed by atoms with E-state index in [4.69, 9.17) is 11.6 Å². The van der Waals surface area contributed by atoms with Crippen molar-refractivity contribution in [2.45, 2.75) is 6.42 Å². The second-order valence-electron chi connectivity index (χ2n) is 5.91. The van der Waals surface area contributed by atoms with Gasteiger partial charge in [-0.1, -0.05) is 54.1 Å². The maximum absolute atomic E-state index is 12.6. The summed E-state index contributed by atoms with van der Waals surface area (Å²) >= 11 is 5.99. The van der Waals surface area contributed by atoms with E-state index in [1.807, 2.05) is 66.7 Å². The van der Waals surface area contributed by atoms with Crippen LogP contribution in [0.15, 0.2) is 72.8 Å². The fourth-order valence-corrected chi connectivity index (χ4v) is 3.06. The molecule has 0 aliphatic carbocycles. The van der Waals surface area contributed by atoms with Gasteiger partial charge in [-0.25, -0.2) is 4.98 Å². The number of Topliss-reactive ketones (excluding diaryl/α,β-unsaturated/α-hetero) is 1. The molecule has 0 aliphatic heterocycles. The Morgan fingerprint density at radius 3 is 2.60 bits per heavy atom. The standard InChI is InChI=1S/C21H15ClN2O/c22-17-8-4-5-14(11-17)12-20(25)16-9-10-18-19(13-16)24-21(23-18)15-6-2-1-3-7-15/h1-11,13H,12H2,(H,23,24). The predicted molar refractivity (Wildman–Crippen MR) is 101 cm³/mol. The third-order valence-corrected chi connectivity index (χ3v) is 4.34. The van der Waals surface area contributed by atoms with Gasteiger partial charge in [0.1, 0.15) is 5.82 Å². The van der Waals surface area contributed by atoms with Crippen LogP contribution in [0.4, 0.5) is 0 Å². The van der Waals surface area contributed by atoms with Crippen molar-refractivity contribution in [3.05, 3.63) is 88.9 Å². The average Bonchev–Trinajstić information content (AvgIpc) is 3.06. The lowest BCUT2D eigenvalue weighted by molar-refractivity contribution is 0.0993. The first kappa shape index (κ1) is 15.6. The van der Waals surface area contributed by atoms with Crippen molar-refractivity contribution in [1.29, 1.82) is 0 Å². The molecule has 0 spiro atoms. The van der Waals surface area contributed by atoms with Crippen LogP contribution < -0.4 is 0 Å². The number of benzene rings is 3. The summed E-state index contributed by atoms with van der Waals surface area (Å²) in [7, 11) is 0. The molecule has 1 N–H and O–H groups in total. The summed E-state index contributed by atoms with van der Waals surface area (Å²) in [5, 5.41) is 0.641.